The van der Waals surface area contributed by atoms with E-state index in [-0.39, 0.29) is 5.91 Å². The molecule has 4 aromatic rings. The van der Waals surface area contributed by atoms with Gasteiger partial charge in [-0.05, 0) is 30.3 Å². The molecular weight excluding hydrogens is 352 g/mol. The summed E-state index contributed by atoms with van der Waals surface area (Å²) in [6.07, 6.45) is 3.21. The minimum absolute atomic E-state index is 0.176. The Labute approximate surface area is 154 Å². The van der Waals surface area contributed by atoms with Crippen LogP contribution in [0.5, 0.6) is 0 Å². The number of nitrogens with one attached hydrogen (secondary N) is 2. The first-order valence-electron chi connectivity index (χ1n) is 8.40. The van der Waals surface area contributed by atoms with Crippen molar-refractivity contribution in [3.05, 3.63) is 58.8 Å². The van der Waals surface area contributed by atoms with Crippen molar-refractivity contribution in [1.82, 2.24) is 29.9 Å². The van der Waals surface area contributed by atoms with Crippen LogP contribution in [0.25, 0.3) is 16.7 Å². The lowest BCUT2D eigenvalue weighted by atomic mass is 10.2. The van der Waals surface area contributed by atoms with Gasteiger partial charge in [0.15, 0.2) is 5.65 Å². The first-order chi connectivity index (χ1) is 12.7. The number of H-pyrrole nitrogens is 1. The van der Waals surface area contributed by atoms with Gasteiger partial charge in [-0.25, -0.2) is 4.98 Å². The van der Waals surface area contributed by atoms with Gasteiger partial charge in [-0.3, -0.25) is 9.20 Å². The van der Waals surface area contributed by atoms with Crippen LogP contribution in [0.1, 0.15) is 28.9 Å². The van der Waals surface area contributed by atoms with Crippen LogP contribution in [0, 0.1) is 0 Å². The van der Waals surface area contributed by atoms with Crippen LogP contribution >= 0.6 is 11.6 Å². The van der Waals surface area contributed by atoms with Gasteiger partial charge in [0.25, 0.3) is 5.91 Å². The zero-order chi connectivity index (χ0) is 18.1. The van der Waals surface area contributed by atoms with E-state index in [0.29, 0.717) is 29.2 Å². The molecule has 0 atom stereocenters. The van der Waals surface area contributed by atoms with Gasteiger partial charge in [0, 0.05) is 30.6 Å². The molecule has 2 N–H and O–H groups in total. The molecule has 1 aromatic carbocycles. The number of fused-ring (bicyclic) bond motifs is 2. The Morgan fingerprint density at radius 1 is 1.31 bits per heavy atom. The fourth-order valence-corrected chi connectivity index (χ4v) is 3.10. The maximum Gasteiger partial charge on any atom is 0.255 e. The second-order valence-electron chi connectivity index (χ2n) is 5.94. The molecular formula is C18H17ClN6O. The molecule has 0 aliphatic carbocycles. The van der Waals surface area contributed by atoms with Crippen LogP contribution in [0.15, 0.2) is 36.5 Å². The van der Waals surface area contributed by atoms with Crippen molar-refractivity contribution in [3.63, 3.8) is 0 Å². The highest BCUT2D eigenvalue weighted by molar-refractivity contribution is 6.31. The molecule has 0 unspecified atom stereocenters. The van der Waals surface area contributed by atoms with Crippen LogP contribution in [0.4, 0.5) is 0 Å². The van der Waals surface area contributed by atoms with E-state index in [1.54, 1.807) is 12.1 Å². The van der Waals surface area contributed by atoms with Gasteiger partial charge >= 0.3 is 0 Å². The Hall–Kier alpha value is -2.93. The van der Waals surface area contributed by atoms with Gasteiger partial charge in [0.2, 0.25) is 0 Å². The Balaban J connectivity index is 1.46. The smallest absolute Gasteiger partial charge is 0.255 e. The number of halogens is 1. The maximum absolute atomic E-state index is 12.5. The second-order valence-corrected chi connectivity index (χ2v) is 6.37. The van der Waals surface area contributed by atoms with Gasteiger partial charge in [-0.1, -0.05) is 18.5 Å². The summed E-state index contributed by atoms with van der Waals surface area (Å²) in [6.45, 7) is 2.46. The number of aromatic nitrogens is 5. The van der Waals surface area contributed by atoms with Gasteiger partial charge in [-0.15, -0.1) is 10.2 Å². The minimum atomic E-state index is -0.176. The van der Waals surface area contributed by atoms with Gasteiger partial charge in [0.05, 0.1) is 16.6 Å². The van der Waals surface area contributed by atoms with Crippen molar-refractivity contribution in [2.45, 2.75) is 19.8 Å². The number of imidazole rings is 1. The Morgan fingerprint density at radius 3 is 3.04 bits per heavy atom. The monoisotopic (exact) mass is 368 g/mol. The Kier molecular flexibility index (Phi) is 4.30. The average Bonchev–Trinajstić information content (AvgIpc) is 3.24. The van der Waals surface area contributed by atoms with Crippen molar-refractivity contribution in [3.8, 4) is 0 Å². The molecule has 4 rings (SSSR count). The standard InChI is InChI=1S/C18H17ClN6O/c1-2-16-23-24-17-12(4-3-9-25(16)17)18(26)20-8-7-15-21-13-6-5-11(19)10-14(13)22-15/h3-6,9-10H,2,7-8H2,1H3,(H,20,26)(H,21,22). The summed E-state index contributed by atoms with van der Waals surface area (Å²) in [6, 6.07) is 9.09. The second kappa shape index (κ2) is 6.76. The SMILES string of the molecule is CCc1nnc2c(C(=O)NCCc3nc4ccc(Cl)cc4[nH]3)cccn12. The molecule has 3 aromatic heterocycles. The molecule has 0 spiro atoms. The number of carbonyl (C=O) groups excluding carboxylic acids is 1. The van der Waals surface area contributed by atoms with Crippen LogP contribution in [0.2, 0.25) is 5.02 Å². The van der Waals surface area contributed by atoms with Crippen molar-refractivity contribution in [2.24, 2.45) is 0 Å². The summed E-state index contributed by atoms with van der Waals surface area (Å²) < 4.78 is 1.85. The molecule has 0 radical (unpaired) electrons. The molecule has 0 saturated heterocycles. The summed E-state index contributed by atoms with van der Waals surface area (Å²) >= 11 is 5.98. The largest absolute Gasteiger partial charge is 0.351 e. The zero-order valence-electron chi connectivity index (χ0n) is 14.2. The molecule has 132 valence electrons. The average molecular weight is 369 g/mol. The van der Waals surface area contributed by atoms with Crippen molar-refractivity contribution < 1.29 is 4.79 Å². The van der Waals surface area contributed by atoms with E-state index in [2.05, 4.69) is 25.5 Å². The minimum Gasteiger partial charge on any atom is -0.351 e. The summed E-state index contributed by atoms with van der Waals surface area (Å²) in [5, 5.41) is 11.8. The highest BCUT2D eigenvalue weighted by atomic mass is 35.5. The fourth-order valence-electron chi connectivity index (χ4n) is 2.92. The summed E-state index contributed by atoms with van der Waals surface area (Å²) in [5.41, 5.74) is 2.83. The van der Waals surface area contributed by atoms with E-state index < -0.39 is 0 Å². The number of hydrogen-bond donors (Lipinski definition) is 2. The molecule has 0 fully saturated rings. The number of aryl methyl sites for hydroxylation is 1. The van der Waals surface area contributed by atoms with E-state index in [4.69, 9.17) is 11.6 Å². The molecule has 0 saturated carbocycles. The highest BCUT2D eigenvalue weighted by Gasteiger charge is 2.14. The van der Waals surface area contributed by atoms with Gasteiger partial charge in [0.1, 0.15) is 11.6 Å². The topological polar surface area (TPSA) is 88.0 Å². The number of carbonyl (C=O) groups is 1. The van der Waals surface area contributed by atoms with E-state index in [1.165, 1.54) is 0 Å². The van der Waals surface area contributed by atoms with Gasteiger partial charge in [-0.2, -0.15) is 0 Å². The van der Waals surface area contributed by atoms with Crippen molar-refractivity contribution in [2.75, 3.05) is 6.54 Å². The molecule has 0 bridgehead atoms. The fraction of sp³-hybridized carbons (Fsp3) is 0.222. The number of rotatable bonds is 5. The summed E-state index contributed by atoms with van der Waals surface area (Å²) in [4.78, 5) is 20.2. The zero-order valence-corrected chi connectivity index (χ0v) is 14.9. The number of pyridine rings is 1. The molecule has 0 aliphatic rings. The van der Waals surface area contributed by atoms with E-state index >= 15 is 0 Å². The number of amides is 1. The first kappa shape index (κ1) is 16.5. The van der Waals surface area contributed by atoms with Crippen LogP contribution < -0.4 is 5.32 Å². The third-order valence-corrected chi connectivity index (χ3v) is 4.44. The third-order valence-electron chi connectivity index (χ3n) is 4.21. The number of aromatic amines is 1. The van der Waals surface area contributed by atoms with Crippen molar-refractivity contribution >= 4 is 34.2 Å². The first-order valence-corrected chi connectivity index (χ1v) is 8.78. The number of nitrogens with zero attached hydrogens (tertiary/aromatic N) is 4. The van der Waals surface area contributed by atoms with Crippen LogP contribution in [-0.4, -0.2) is 37.0 Å². The Morgan fingerprint density at radius 2 is 2.19 bits per heavy atom. The lowest BCUT2D eigenvalue weighted by molar-refractivity contribution is 0.0955. The van der Waals surface area contributed by atoms with Crippen LogP contribution in [-0.2, 0) is 12.8 Å². The Bertz CT molecular complexity index is 1100. The molecule has 0 aliphatic heterocycles. The lowest BCUT2D eigenvalue weighted by Crippen LogP contribution is -2.26. The number of hydrogen-bond acceptors (Lipinski definition) is 4. The van der Waals surface area contributed by atoms with E-state index in [9.17, 15) is 4.79 Å². The van der Waals surface area contributed by atoms with Crippen molar-refractivity contribution in [1.29, 1.82) is 0 Å². The normalized spacial score (nSPS) is 11.3. The quantitative estimate of drug-likeness (QED) is 0.567. The lowest BCUT2D eigenvalue weighted by Gasteiger charge is -2.05. The van der Waals surface area contributed by atoms with Crippen LogP contribution in [0.3, 0.4) is 0 Å². The molecule has 7 nitrogen and oxygen atoms in total. The third kappa shape index (κ3) is 3.01. The number of benzene rings is 1. The van der Waals surface area contributed by atoms with E-state index in [0.717, 1.165) is 29.1 Å². The predicted molar refractivity (Wildman–Crippen MR) is 99.5 cm³/mol. The highest BCUT2D eigenvalue weighted by Crippen LogP contribution is 2.17. The molecule has 3 heterocycles. The maximum atomic E-state index is 12.5. The van der Waals surface area contributed by atoms with E-state index in [1.807, 2.05) is 35.7 Å². The summed E-state index contributed by atoms with van der Waals surface area (Å²) in [7, 11) is 0. The molecule has 1 amide bonds. The molecule has 26 heavy (non-hydrogen) atoms. The van der Waals surface area contributed by atoms with Gasteiger partial charge < -0.3 is 10.3 Å². The predicted octanol–water partition coefficient (Wildman–Crippen LogP) is 2.79. The molecule has 8 heteroatoms. The summed E-state index contributed by atoms with van der Waals surface area (Å²) in [5.74, 6) is 1.46.